The monoisotopic (exact) mass is 411 g/mol. The zero-order chi connectivity index (χ0) is 20.5. The number of aryl methyl sites for hydroxylation is 3. The fourth-order valence-electron chi connectivity index (χ4n) is 4.36. The van der Waals surface area contributed by atoms with Crippen molar-refractivity contribution in [3.63, 3.8) is 0 Å². The topological polar surface area (TPSA) is 79.7 Å². The van der Waals surface area contributed by atoms with E-state index >= 15 is 0 Å². The second-order valence-corrected chi connectivity index (χ2v) is 8.45. The van der Waals surface area contributed by atoms with Crippen molar-refractivity contribution in [2.24, 2.45) is 0 Å². The largest absolute Gasteiger partial charge is 0.479 e. The maximum atomic E-state index is 12.1. The molecule has 4 rings (SSSR count). The van der Waals surface area contributed by atoms with Gasteiger partial charge < -0.3 is 14.9 Å². The first-order valence-corrected chi connectivity index (χ1v) is 10.9. The second kappa shape index (κ2) is 8.22. The Hall–Kier alpha value is -2.28. The highest BCUT2D eigenvalue weighted by Crippen LogP contribution is 2.45. The molecule has 1 aromatic carbocycles. The number of benzene rings is 1. The zero-order valence-corrected chi connectivity index (χ0v) is 17.5. The summed E-state index contributed by atoms with van der Waals surface area (Å²) < 4.78 is 5.68. The van der Waals surface area contributed by atoms with Crippen LogP contribution in [-0.4, -0.2) is 27.8 Å². The van der Waals surface area contributed by atoms with Crippen LogP contribution in [0.25, 0.3) is 21.3 Å². The number of carboxylic acid groups (broad SMARTS) is 1. The molecule has 0 saturated heterocycles. The van der Waals surface area contributed by atoms with E-state index in [4.69, 9.17) is 9.72 Å². The third kappa shape index (κ3) is 3.45. The number of carbonyl (C=O) groups is 1. The number of aliphatic carboxylic acids is 1. The maximum absolute atomic E-state index is 12.1. The molecule has 6 heteroatoms. The van der Waals surface area contributed by atoms with Crippen molar-refractivity contribution in [3.05, 3.63) is 51.5 Å². The van der Waals surface area contributed by atoms with Crippen molar-refractivity contribution < 1.29 is 19.7 Å². The van der Waals surface area contributed by atoms with Gasteiger partial charge in [0.1, 0.15) is 4.83 Å². The number of fused-ring (bicyclic) bond motifs is 3. The molecule has 1 aliphatic rings. The van der Waals surface area contributed by atoms with Crippen molar-refractivity contribution >= 4 is 27.5 Å². The minimum atomic E-state index is -1.10. The third-order valence-corrected chi connectivity index (χ3v) is 6.79. The van der Waals surface area contributed by atoms with Gasteiger partial charge in [-0.3, -0.25) is 0 Å². The predicted octanol–water partition coefficient (Wildman–Crippen LogP) is 4.81. The zero-order valence-electron chi connectivity index (χ0n) is 16.7. The van der Waals surface area contributed by atoms with Crippen LogP contribution in [0.4, 0.5) is 0 Å². The molecule has 29 heavy (non-hydrogen) atoms. The first-order chi connectivity index (χ1) is 14.1. The predicted molar refractivity (Wildman–Crippen MR) is 114 cm³/mol. The van der Waals surface area contributed by atoms with Crippen LogP contribution in [0.15, 0.2) is 24.3 Å². The Labute approximate surface area is 174 Å². The minimum Gasteiger partial charge on any atom is -0.479 e. The summed E-state index contributed by atoms with van der Waals surface area (Å²) in [6, 6.07) is 7.66. The molecule has 0 radical (unpaired) electrons. The van der Waals surface area contributed by atoms with Crippen molar-refractivity contribution in [2.75, 3.05) is 6.61 Å². The Kier molecular flexibility index (Phi) is 5.67. The van der Waals surface area contributed by atoms with Crippen LogP contribution < -0.4 is 0 Å². The molecule has 5 nitrogen and oxygen atoms in total. The number of aliphatic hydroxyl groups excluding tert-OH is 1. The van der Waals surface area contributed by atoms with E-state index in [1.165, 1.54) is 16.9 Å². The number of hydrogen-bond donors (Lipinski definition) is 2. The number of pyridine rings is 1. The molecule has 2 N–H and O–H groups in total. The lowest BCUT2D eigenvalue weighted by molar-refractivity contribution is -0.150. The highest BCUT2D eigenvalue weighted by Gasteiger charge is 2.31. The van der Waals surface area contributed by atoms with Gasteiger partial charge in [-0.05, 0) is 56.2 Å². The third-order valence-electron chi connectivity index (χ3n) is 5.61. The first kappa shape index (κ1) is 20.0. The number of ether oxygens (including phenoxy) is 1. The number of carboxylic acids is 1. The Morgan fingerprint density at radius 3 is 2.76 bits per heavy atom. The number of nitrogens with zero attached hydrogens (tertiary/aromatic N) is 1. The summed E-state index contributed by atoms with van der Waals surface area (Å²) in [5.74, 6) is -1.03. The van der Waals surface area contributed by atoms with Crippen LogP contribution in [-0.2, 0) is 29.0 Å². The average Bonchev–Trinajstić information content (AvgIpc) is 3.09. The quantitative estimate of drug-likeness (QED) is 0.609. The van der Waals surface area contributed by atoms with Crippen molar-refractivity contribution in [2.45, 2.75) is 52.2 Å². The number of rotatable bonds is 6. The Morgan fingerprint density at radius 2 is 2.03 bits per heavy atom. The summed E-state index contributed by atoms with van der Waals surface area (Å²) in [5, 5.41) is 21.0. The summed E-state index contributed by atoms with van der Waals surface area (Å²) in [7, 11) is 0. The van der Waals surface area contributed by atoms with Gasteiger partial charge in [-0.2, -0.15) is 0 Å². The van der Waals surface area contributed by atoms with Gasteiger partial charge in [-0.1, -0.05) is 24.3 Å². The average molecular weight is 412 g/mol. The molecule has 2 heterocycles. The second-order valence-electron chi connectivity index (χ2n) is 7.37. The van der Waals surface area contributed by atoms with E-state index in [0.29, 0.717) is 11.3 Å². The lowest BCUT2D eigenvalue weighted by Crippen LogP contribution is -2.18. The van der Waals surface area contributed by atoms with E-state index < -0.39 is 12.1 Å². The van der Waals surface area contributed by atoms with Crippen LogP contribution in [0.3, 0.4) is 0 Å². The highest BCUT2D eigenvalue weighted by atomic mass is 32.1. The van der Waals surface area contributed by atoms with Gasteiger partial charge >= 0.3 is 5.97 Å². The number of hydrogen-bond acceptors (Lipinski definition) is 5. The normalized spacial score (nSPS) is 14.7. The van der Waals surface area contributed by atoms with E-state index in [0.717, 1.165) is 46.2 Å². The molecule has 1 unspecified atom stereocenters. The van der Waals surface area contributed by atoms with Gasteiger partial charge in [-0.25, -0.2) is 9.78 Å². The Bertz CT molecular complexity index is 1070. The molecule has 152 valence electrons. The molecule has 1 aliphatic carbocycles. The number of aliphatic hydroxyl groups is 1. The summed E-state index contributed by atoms with van der Waals surface area (Å²) in [6.45, 7) is 3.83. The van der Waals surface area contributed by atoms with E-state index in [9.17, 15) is 15.0 Å². The SMILES string of the molecule is CCOC(C(=O)O)c1c(C)nc2sc3c(c2c1-c1ccccc1CO)CCCC3. The summed E-state index contributed by atoms with van der Waals surface area (Å²) in [5.41, 5.74) is 5.04. The van der Waals surface area contributed by atoms with E-state index in [2.05, 4.69) is 0 Å². The molecule has 0 bridgehead atoms. The van der Waals surface area contributed by atoms with E-state index in [1.807, 2.05) is 31.2 Å². The van der Waals surface area contributed by atoms with Crippen LogP contribution in [0, 0.1) is 6.92 Å². The van der Waals surface area contributed by atoms with Gasteiger partial charge in [0.05, 0.1) is 6.61 Å². The van der Waals surface area contributed by atoms with Gasteiger partial charge in [0.2, 0.25) is 0 Å². The standard InChI is InChI=1S/C23H25NO4S/c1-3-28-21(23(26)27)18-13(2)24-22-20(16-10-6-7-11-17(16)29-22)19(18)15-9-5-4-8-14(15)12-25/h4-5,8-9,21,25H,3,6-7,10-12H2,1-2H3,(H,26,27). The number of aromatic nitrogens is 1. The fraction of sp³-hybridized carbons (Fsp3) is 0.391. The minimum absolute atomic E-state index is 0.114. The summed E-state index contributed by atoms with van der Waals surface area (Å²) >= 11 is 1.72. The molecular formula is C23H25NO4S. The lowest BCUT2D eigenvalue weighted by atomic mass is 9.86. The molecule has 0 amide bonds. The molecule has 1 atom stereocenters. The van der Waals surface area contributed by atoms with Crippen LogP contribution in [0.5, 0.6) is 0 Å². The van der Waals surface area contributed by atoms with E-state index in [-0.39, 0.29) is 13.2 Å². The van der Waals surface area contributed by atoms with Gasteiger partial charge in [0.25, 0.3) is 0 Å². The highest BCUT2D eigenvalue weighted by molar-refractivity contribution is 7.19. The lowest BCUT2D eigenvalue weighted by Gasteiger charge is -2.22. The van der Waals surface area contributed by atoms with Gasteiger partial charge in [-0.15, -0.1) is 11.3 Å². The molecular weight excluding hydrogens is 386 g/mol. The summed E-state index contributed by atoms with van der Waals surface area (Å²) in [4.78, 5) is 19.3. The molecule has 0 aliphatic heterocycles. The molecule has 2 aromatic heterocycles. The van der Waals surface area contributed by atoms with Crippen molar-refractivity contribution in [1.82, 2.24) is 4.98 Å². The van der Waals surface area contributed by atoms with Crippen molar-refractivity contribution in [1.29, 1.82) is 0 Å². The smallest absolute Gasteiger partial charge is 0.337 e. The van der Waals surface area contributed by atoms with Gasteiger partial charge in [0.15, 0.2) is 6.10 Å². The van der Waals surface area contributed by atoms with Crippen molar-refractivity contribution in [3.8, 4) is 11.1 Å². The maximum Gasteiger partial charge on any atom is 0.337 e. The van der Waals surface area contributed by atoms with Crippen LogP contribution in [0.2, 0.25) is 0 Å². The Balaban J connectivity index is 2.14. The molecule has 3 aromatic rings. The number of thiophene rings is 1. The van der Waals surface area contributed by atoms with Crippen LogP contribution >= 0.6 is 11.3 Å². The first-order valence-electron chi connectivity index (χ1n) is 10.0. The summed E-state index contributed by atoms with van der Waals surface area (Å²) in [6.07, 6.45) is 3.21. The molecule has 0 saturated carbocycles. The van der Waals surface area contributed by atoms with E-state index in [1.54, 1.807) is 18.3 Å². The molecule has 0 spiro atoms. The Morgan fingerprint density at radius 1 is 1.28 bits per heavy atom. The van der Waals surface area contributed by atoms with Crippen LogP contribution in [0.1, 0.15) is 53.1 Å². The molecule has 0 fully saturated rings. The fourth-order valence-corrected chi connectivity index (χ4v) is 5.68. The van der Waals surface area contributed by atoms with Gasteiger partial charge in [0, 0.05) is 33.7 Å².